The average molecular weight is 326 g/mol. The van der Waals surface area contributed by atoms with Crippen molar-refractivity contribution in [3.63, 3.8) is 0 Å². The number of fused-ring (bicyclic) bond motifs is 1. The number of hydrogen-bond acceptors (Lipinski definition) is 4. The Morgan fingerprint density at radius 3 is 2.58 bits per heavy atom. The molecule has 126 valence electrons. The van der Waals surface area contributed by atoms with Crippen LogP contribution in [-0.2, 0) is 4.79 Å². The fraction of sp³-hybridized carbons (Fsp3) is 0.389. The minimum Gasteiger partial charge on any atom is -0.338 e. The summed E-state index contributed by atoms with van der Waals surface area (Å²) in [5, 5.41) is 6.88. The number of imidazole rings is 1. The van der Waals surface area contributed by atoms with Gasteiger partial charge in [0, 0.05) is 12.0 Å². The van der Waals surface area contributed by atoms with Crippen LogP contribution in [0, 0.1) is 25.7 Å². The predicted molar refractivity (Wildman–Crippen MR) is 93.2 cm³/mol. The second-order valence-corrected chi connectivity index (χ2v) is 6.59. The molecule has 0 bridgehead atoms. The summed E-state index contributed by atoms with van der Waals surface area (Å²) in [5.74, 6) is 1.06. The molecule has 3 rings (SSSR count). The van der Waals surface area contributed by atoms with Crippen LogP contribution in [-0.4, -0.2) is 20.6 Å². The van der Waals surface area contributed by atoms with E-state index in [9.17, 15) is 4.79 Å². The summed E-state index contributed by atoms with van der Waals surface area (Å²) in [4.78, 5) is 17.0. The lowest BCUT2D eigenvalue weighted by Gasteiger charge is -2.15. The SMILES string of the molecule is Cc1ccc2nc(NC(=O)[C@@H](C)C(C)C)n(-c3cc(C)no3)c2c1. The first kappa shape index (κ1) is 16.2. The Morgan fingerprint density at radius 1 is 1.21 bits per heavy atom. The summed E-state index contributed by atoms with van der Waals surface area (Å²) in [5.41, 5.74) is 3.54. The Morgan fingerprint density at radius 2 is 1.96 bits per heavy atom. The Kier molecular flexibility index (Phi) is 4.13. The molecule has 6 heteroatoms. The maximum absolute atomic E-state index is 12.5. The standard InChI is InChI=1S/C18H22N4O2/c1-10(2)13(5)17(23)20-18-19-14-7-6-11(3)8-15(14)22(18)16-9-12(4)21-24-16/h6-10,13H,1-5H3,(H,19,20,23)/t13-/m0/s1. The molecule has 0 aliphatic rings. The molecule has 0 unspecified atom stereocenters. The quantitative estimate of drug-likeness (QED) is 0.790. The van der Waals surface area contributed by atoms with E-state index in [1.165, 1.54) is 0 Å². The predicted octanol–water partition coefficient (Wildman–Crippen LogP) is 3.86. The number of anilines is 1. The van der Waals surface area contributed by atoms with Crippen LogP contribution in [0.4, 0.5) is 5.95 Å². The van der Waals surface area contributed by atoms with E-state index in [0.29, 0.717) is 11.8 Å². The third kappa shape index (κ3) is 2.91. The number of nitrogens with one attached hydrogen (secondary N) is 1. The van der Waals surface area contributed by atoms with Gasteiger partial charge < -0.3 is 4.52 Å². The fourth-order valence-corrected chi connectivity index (χ4v) is 2.47. The molecule has 0 aliphatic carbocycles. The molecule has 2 aromatic heterocycles. The molecule has 0 aliphatic heterocycles. The van der Waals surface area contributed by atoms with Crippen molar-refractivity contribution >= 4 is 22.9 Å². The molecule has 1 N–H and O–H groups in total. The summed E-state index contributed by atoms with van der Waals surface area (Å²) in [6.07, 6.45) is 0. The summed E-state index contributed by atoms with van der Waals surface area (Å²) in [6.45, 7) is 9.83. The van der Waals surface area contributed by atoms with E-state index < -0.39 is 0 Å². The van der Waals surface area contributed by atoms with Gasteiger partial charge in [0.1, 0.15) is 0 Å². The highest BCUT2D eigenvalue weighted by Crippen LogP contribution is 2.26. The molecular formula is C18H22N4O2. The Balaban J connectivity index is 2.11. The van der Waals surface area contributed by atoms with Gasteiger partial charge in [0.05, 0.1) is 16.7 Å². The van der Waals surface area contributed by atoms with Crippen LogP contribution in [0.2, 0.25) is 0 Å². The zero-order chi connectivity index (χ0) is 17.4. The van der Waals surface area contributed by atoms with Crippen molar-refractivity contribution in [3.8, 4) is 5.88 Å². The number of hydrogen-bond donors (Lipinski definition) is 1. The number of aromatic nitrogens is 3. The van der Waals surface area contributed by atoms with E-state index in [4.69, 9.17) is 4.52 Å². The van der Waals surface area contributed by atoms with E-state index >= 15 is 0 Å². The third-order valence-corrected chi connectivity index (χ3v) is 4.29. The molecule has 6 nitrogen and oxygen atoms in total. The largest absolute Gasteiger partial charge is 0.338 e. The van der Waals surface area contributed by atoms with Gasteiger partial charge in [-0.1, -0.05) is 32.0 Å². The van der Waals surface area contributed by atoms with E-state index in [2.05, 4.69) is 15.5 Å². The molecular weight excluding hydrogens is 304 g/mol. The molecule has 2 heterocycles. The van der Waals surface area contributed by atoms with Gasteiger partial charge in [-0.3, -0.25) is 10.1 Å². The molecule has 1 atom stereocenters. The normalized spacial score (nSPS) is 12.8. The molecule has 1 amide bonds. The summed E-state index contributed by atoms with van der Waals surface area (Å²) in [6, 6.07) is 7.77. The summed E-state index contributed by atoms with van der Waals surface area (Å²) < 4.78 is 7.21. The van der Waals surface area contributed by atoms with Gasteiger partial charge in [0.2, 0.25) is 17.7 Å². The zero-order valence-electron chi connectivity index (χ0n) is 14.6. The van der Waals surface area contributed by atoms with E-state index in [1.54, 1.807) is 4.57 Å². The van der Waals surface area contributed by atoms with Crippen LogP contribution in [0.1, 0.15) is 32.0 Å². The second-order valence-electron chi connectivity index (χ2n) is 6.59. The van der Waals surface area contributed by atoms with Gasteiger partial charge in [0.25, 0.3) is 0 Å². The van der Waals surface area contributed by atoms with Crippen LogP contribution in [0.5, 0.6) is 0 Å². The average Bonchev–Trinajstić information content (AvgIpc) is 3.09. The number of rotatable bonds is 4. The molecule has 0 saturated heterocycles. The molecule has 0 radical (unpaired) electrons. The smallest absolute Gasteiger partial charge is 0.238 e. The molecule has 0 fully saturated rings. The maximum atomic E-state index is 12.5. The van der Waals surface area contributed by atoms with Crippen LogP contribution < -0.4 is 5.32 Å². The molecule has 1 aromatic carbocycles. The van der Waals surface area contributed by atoms with E-state index in [-0.39, 0.29) is 17.7 Å². The van der Waals surface area contributed by atoms with Crippen molar-refractivity contribution in [2.24, 2.45) is 11.8 Å². The first-order chi connectivity index (χ1) is 11.4. The van der Waals surface area contributed by atoms with Gasteiger partial charge in [-0.15, -0.1) is 0 Å². The van der Waals surface area contributed by atoms with Crippen LogP contribution >= 0.6 is 0 Å². The van der Waals surface area contributed by atoms with Crippen molar-refractivity contribution in [1.82, 2.24) is 14.7 Å². The van der Waals surface area contributed by atoms with Crippen molar-refractivity contribution in [2.45, 2.75) is 34.6 Å². The topological polar surface area (TPSA) is 73.0 Å². The maximum Gasteiger partial charge on any atom is 0.238 e. The van der Waals surface area contributed by atoms with Crippen molar-refractivity contribution in [1.29, 1.82) is 0 Å². The van der Waals surface area contributed by atoms with Crippen molar-refractivity contribution in [2.75, 3.05) is 5.32 Å². The Labute approximate surface area is 140 Å². The van der Waals surface area contributed by atoms with Gasteiger partial charge in [0.15, 0.2) is 0 Å². The highest BCUT2D eigenvalue weighted by molar-refractivity contribution is 5.93. The first-order valence-corrected chi connectivity index (χ1v) is 8.10. The monoisotopic (exact) mass is 326 g/mol. The van der Waals surface area contributed by atoms with Crippen molar-refractivity contribution < 1.29 is 9.32 Å². The number of amides is 1. The number of aryl methyl sites for hydroxylation is 2. The van der Waals surface area contributed by atoms with Gasteiger partial charge >= 0.3 is 0 Å². The van der Waals surface area contributed by atoms with Crippen LogP contribution in [0.15, 0.2) is 28.8 Å². The van der Waals surface area contributed by atoms with E-state index in [0.717, 1.165) is 22.3 Å². The lowest BCUT2D eigenvalue weighted by molar-refractivity contribution is -0.120. The molecule has 24 heavy (non-hydrogen) atoms. The Hall–Kier alpha value is -2.63. The minimum atomic E-state index is -0.114. The molecule has 0 spiro atoms. The molecule has 3 aromatic rings. The highest BCUT2D eigenvalue weighted by atomic mass is 16.5. The third-order valence-electron chi connectivity index (χ3n) is 4.29. The summed E-state index contributed by atoms with van der Waals surface area (Å²) in [7, 11) is 0. The summed E-state index contributed by atoms with van der Waals surface area (Å²) >= 11 is 0. The van der Waals surface area contributed by atoms with Crippen LogP contribution in [0.25, 0.3) is 16.9 Å². The lowest BCUT2D eigenvalue weighted by Crippen LogP contribution is -2.25. The first-order valence-electron chi connectivity index (χ1n) is 8.10. The molecule has 0 saturated carbocycles. The van der Waals surface area contributed by atoms with Gasteiger partial charge in [-0.05, 0) is 37.5 Å². The van der Waals surface area contributed by atoms with Gasteiger partial charge in [-0.2, -0.15) is 0 Å². The zero-order valence-corrected chi connectivity index (χ0v) is 14.6. The number of benzene rings is 1. The highest BCUT2D eigenvalue weighted by Gasteiger charge is 2.22. The number of carbonyl (C=O) groups excluding carboxylic acids is 1. The minimum absolute atomic E-state index is 0.0606. The Bertz CT molecular complexity index is 892. The number of carbonyl (C=O) groups is 1. The fourth-order valence-electron chi connectivity index (χ4n) is 2.47. The van der Waals surface area contributed by atoms with Crippen LogP contribution in [0.3, 0.4) is 0 Å². The lowest BCUT2D eigenvalue weighted by atomic mass is 9.97. The van der Waals surface area contributed by atoms with E-state index in [1.807, 2.05) is 58.9 Å². The second kappa shape index (κ2) is 6.11. The number of nitrogens with zero attached hydrogens (tertiary/aromatic N) is 3. The van der Waals surface area contributed by atoms with Gasteiger partial charge in [-0.25, -0.2) is 9.55 Å². The van der Waals surface area contributed by atoms with Crippen molar-refractivity contribution in [3.05, 3.63) is 35.5 Å².